The first-order valence-corrected chi connectivity index (χ1v) is 11.5. The molecule has 1 N–H and O–H groups in total. The third kappa shape index (κ3) is 3.15. The van der Waals surface area contributed by atoms with Crippen LogP contribution in [-0.4, -0.2) is 53.7 Å². The van der Waals surface area contributed by atoms with Crippen molar-refractivity contribution in [3.05, 3.63) is 47.2 Å². The lowest BCUT2D eigenvalue weighted by Crippen LogP contribution is -2.41. The van der Waals surface area contributed by atoms with Crippen LogP contribution < -0.4 is 5.32 Å². The number of ketones is 1. The fourth-order valence-electron chi connectivity index (χ4n) is 4.40. The SMILES string of the molecule is Cc1cc(C(=O)CN2C(=O)N[C@@](C)(c3ccco3)C2=O)c(C)n1[C@@H]1CCS(=O)(=O)C1. The second kappa shape index (κ2) is 6.83. The predicted molar refractivity (Wildman–Crippen MR) is 107 cm³/mol. The van der Waals surface area contributed by atoms with E-state index in [1.54, 1.807) is 25.1 Å². The number of sulfone groups is 1. The van der Waals surface area contributed by atoms with E-state index < -0.39 is 33.9 Å². The van der Waals surface area contributed by atoms with Crippen molar-refractivity contribution in [3.63, 3.8) is 0 Å². The zero-order valence-electron chi connectivity index (χ0n) is 17.0. The van der Waals surface area contributed by atoms with Crippen molar-refractivity contribution >= 4 is 27.6 Å². The van der Waals surface area contributed by atoms with Gasteiger partial charge in [0.2, 0.25) is 0 Å². The van der Waals surface area contributed by atoms with Crippen LogP contribution in [0.3, 0.4) is 0 Å². The van der Waals surface area contributed by atoms with Gasteiger partial charge in [0.25, 0.3) is 5.91 Å². The minimum atomic E-state index is -3.08. The second-order valence-corrected chi connectivity index (χ2v) is 10.3. The van der Waals surface area contributed by atoms with Gasteiger partial charge in [-0.1, -0.05) is 0 Å². The lowest BCUT2D eigenvalue weighted by molar-refractivity contribution is -0.131. The molecule has 2 aromatic rings. The number of rotatable bonds is 5. The molecule has 2 atom stereocenters. The molecule has 0 aliphatic carbocycles. The minimum absolute atomic E-state index is 0.0471. The van der Waals surface area contributed by atoms with Crippen LogP contribution in [0.15, 0.2) is 28.9 Å². The predicted octanol–water partition coefficient (Wildman–Crippen LogP) is 1.71. The van der Waals surface area contributed by atoms with E-state index in [9.17, 15) is 22.8 Å². The molecule has 4 rings (SSSR count). The molecule has 0 aromatic carbocycles. The number of hydrogen-bond donors (Lipinski definition) is 1. The number of nitrogens with zero attached hydrogens (tertiary/aromatic N) is 2. The molecule has 160 valence electrons. The Hall–Kier alpha value is -2.88. The van der Waals surface area contributed by atoms with Crippen LogP contribution in [0.4, 0.5) is 4.79 Å². The summed E-state index contributed by atoms with van der Waals surface area (Å²) in [6, 6.07) is 4.02. The van der Waals surface area contributed by atoms with Gasteiger partial charge in [-0.15, -0.1) is 0 Å². The molecule has 10 heteroatoms. The Labute approximate surface area is 173 Å². The Kier molecular flexibility index (Phi) is 4.64. The fraction of sp³-hybridized carbons (Fsp3) is 0.450. The number of carbonyl (C=O) groups excluding carboxylic acids is 3. The molecular weight excluding hydrogens is 410 g/mol. The maximum atomic E-state index is 13.0. The Balaban J connectivity index is 1.57. The number of aryl methyl sites for hydroxylation is 1. The van der Waals surface area contributed by atoms with Gasteiger partial charge in [-0.05, 0) is 45.4 Å². The van der Waals surface area contributed by atoms with E-state index in [-0.39, 0.29) is 29.1 Å². The van der Waals surface area contributed by atoms with Gasteiger partial charge in [0.1, 0.15) is 5.76 Å². The Morgan fingerprint density at radius 3 is 2.67 bits per heavy atom. The van der Waals surface area contributed by atoms with Gasteiger partial charge in [-0.3, -0.25) is 14.5 Å². The van der Waals surface area contributed by atoms with Gasteiger partial charge >= 0.3 is 6.03 Å². The van der Waals surface area contributed by atoms with Crippen molar-refractivity contribution < 1.29 is 27.2 Å². The molecular formula is C20H23N3O6S. The summed E-state index contributed by atoms with van der Waals surface area (Å²) in [6.45, 7) is 4.69. The average Bonchev–Trinajstić information content (AvgIpc) is 3.41. The van der Waals surface area contributed by atoms with Gasteiger partial charge in [0.15, 0.2) is 21.2 Å². The highest BCUT2D eigenvalue weighted by atomic mass is 32.2. The molecule has 0 unspecified atom stereocenters. The van der Waals surface area contributed by atoms with E-state index in [1.165, 1.54) is 13.2 Å². The van der Waals surface area contributed by atoms with Crippen LogP contribution in [0.25, 0.3) is 0 Å². The minimum Gasteiger partial charge on any atom is -0.466 e. The molecule has 9 nitrogen and oxygen atoms in total. The van der Waals surface area contributed by atoms with E-state index in [1.807, 2.05) is 11.5 Å². The Morgan fingerprint density at radius 2 is 2.07 bits per heavy atom. The van der Waals surface area contributed by atoms with Crippen molar-refractivity contribution in [2.45, 2.75) is 38.8 Å². The maximum Gasteiger partial charge on any atom is 0.325 e. The quantitative estimate of drug-likeness (QED) is 0.566. The number of hydrogen-bond acceptors (Lipinski definition) is 6. The summed E-state index contributed by atoms with van der Waals surface area (Å²) in [7, 11) is -3.08. The number of amides is 3. The van der Waals surface area contributed by atoms with Crippen LogP contribution in [0.1, 0.15) is 46.9 Å². The molecule has 4 heterocycles. The van der Waals surface area contributed by atoms with Crippen LogP contribution in [0, 0.1) is 13.8 Å². The number of carbonyl (C=O) groups is 3. The summed E-state index contributed by atoms with van der Waals surface area (Å²) in [5.74, 6) is -0.484. The summed E-state index contributed by atoms with van der Waals surface area (Å²) in [5.41, 5.74) is 0.427. The Bertz CT molecular complexity index is 1150. The standard InChI is InChI=1S/C20H23N3O6S/c1-12-9-15(13(2)23(12)14-6-8-30(27,28)11-14)16(24)10-22-18(25)20(3,21-19(22)26)17-5-4-7-29-17/h4-5,7,9,14H,6,8,10-11H2,1-3H3,(H,21,26)/t14-,20+/m1/s1. The number of furan rings is 1. The van der Waals surface area contributed by atoms with Gasteiger partial charge < -0.3 is 14.3 Å². The van der Waals surface area contributed by atoms with E-state index in [4.69, 9.17) is 4.42 Å². The summed E-state index contributed by atoms with van der Waals surface area (Å²) in [6.07, 6.45) is 1.91. The van der Waals surface area contributed by atoms with Gasteiger partial charge in [-0.25, -0.2) is 13.2 Å². The molecule has 30 heavy (non-hydrogen) atoms. The number of imide groups is 1. The largest absolute Gasteiger partial charge is 0.466 e. The van der Waals surface area contributed by atoms with E-state index in [2.05, 4.69) is 5.32 Å². The van der Waals surface area contributed by atoms with Crippen molar-refractivity contribution in [2.75, 3.05) is 18.1 Å². The van der Waals surface area contributed by atoms with E-state index in [0.29, 0.717) is 17.7 Å². The third-order valence-corrected chi connectivity index (χ3v) is 7.70. The van der Waals surface area contributed by atoms with Crippen molar-refractivity contribution in [3.8, 4) is 0 Å². The van der Waals surface area contributed by atoms with E-state index >= 15 is 0 Å². The van der Waals surface area contributed by atoms with Crippen LogP contribution in [-0.2, 0) is 20.2 Å². The molecule has 2 aliphatic heterocycles. The first-order chi connectivity index (χ1) is 14.0. The monoisotopic (exact) mass is 433 g/mol. The molecule has 0 radical (unpaired) electrons. The second-order valence-electron chi connectivity index (χ2n) is 8.06. The van der Waals surface area contributed by atoms with Gasteiger partial charge in [0.05, 0.1) is 24.3 Å². The van der Waals surface area contributed by atoms with Crippen LogP contribution in [0.5, 0.6) is 0 Å². The normalized spacial score (nSPS) is 25.7. The molecule has 0 spiro atoms. The number of nitrogens with one attached hydrogen (secondary N) is 1. The first kappa shape index (κ1) is 20.4. The van der Waals surface area contributed by atoms with Crippen molar-refractivity contribution in [1.82, 2.24) is 14.8 Å². The smallest absolute Gasteiger partial charge is 0.325 e. The summed E-state index contributed by atoms with van der Waals surface area (Å²) in [5, 5.41) is 2.59. The van der Waals surface area contributed by atoms with Crippen LogP contribution in [0.2, 0.25) is 0 Å². The third-order valence-electron chi connectivity index (χ3n) is 5.95. The van der Waals surface area contributed by atoms with Crippen LogP contribution >= 0.6 is 0 Å². The molecule has 2 aromatic heterocycles. The molecule has 2 saturated heterocycles. The molecule has 0 saturated carbocycles. The van der Waals surface area contributed by atoms with Crippen molar-refractivity contribution in [1.29, 1.82) is 0 Å². The van der Waals surface area contributed by atoms with E-state index in [0.717, 1.165) is 10.6 Å². The maximum absolute atomic E-state index is 13.0. The Morgan fingerprint density at radius 1 is 1.33 bits per heavy atom. The lowest BCUT2D eigenvalue weighted by Gasteiger charge is -2.19. The number of Topliss-reactive ketones (excluding diaryl/α,β-unsaturated/α-hetero) is 1. The fourth-order valence-corrected chi connectivity index (χ4v) is 6.10. The highest BCUT2D eigenvalue weighted by Gasteiger charge is 2.51. The highest BCUT2D eigenvalue weighted by Crippen LogP contribution is 2.31. The zero-order chi connectivity index (χ0) is 21.8. The lowest BCUT2D eigenvalue weighted by atomic mass is 9.99. The summed E-state index contributed by atoms with van der Waals surface area (Å²) >= 11 is 0. The first-order valence-electron chi connectivity index (χ1n) is 9.63. The van der Waals surface area contributed by atoms with Gasteiger partial charge in [0, 0.05) is 23.0 Å². The van der Waals surface area contributed by atoms with Crippen molar-refractivity contribution in [2.24, 2.45) is 0 Å². The molecule has 3 amide bonds. The summed E-state index contributed by atoms with van der Waals surface area (Å²) < 4.78 is 30.9. The summed E-state index contributed by atoms with van der Waals surface area (Å²) in [4.78, 5) is 39.2. The zero-order valence-corrected chi connectivity index (χ0v) is 17.8. The molecule has 0 bridgehead atoms. The highest BCUT2D eigenvalue weighted by molar-refractivity contribution is 7.91. The average molecular weight is 433 g/mol. The number of urea groups is 1. The molecule has 2 aliphatic rings. The topological polar surface area (TPSA) is 119 Å². The number of aromatic nitrogens is 1. The van der Waals surface area contributed by atoms with Gasteiger partial charge in [-0.2, -0.15) is 0 Å². The molecule has 2 fully saturated rings.